The smallest absolute Gasteiger partial charge is 0.417 e. The molecule has 0 bridgehead atoms. The second-order valence-corrected chi connectivity index (χ2v) is 6.38. The summed E-state index contributed by atoms with van der Waals surface area (Å²) in [5.41, 5.74) is -0.754. The highest BCUT2D eigenvalue weighted by Gasteiger charge is 2.31. The van der Waals surface area contributed by atoms with E-state index < -0.39 is 11.7 Å². The van der Waals surface area contributed by atoms with E-state index in [0.29, 0.717) is 37.8 Å². The Morgan fingerprint density at radius 3 is 2.70 bits per heavy atom. The Kier molecular flexibility index (Phi) is 6.00. The van der Waals surface area contributed by atoms with Gasteiger partial charge in [0.1, 0.15) is 11.6 Å². The van der Waals surface area contributed by atoms with Crippen LogP contribution < -0.4 is 10.2 Å². The fourth-order valence-corrected chi connectivity index (χ4v) is 2.96. The van der Waals surface area contributed by atoms with Gasteiger partial charge in [0, 0.05) is 32.4 Å². The Balaban J connectivity index is 1.49. The van der Waals surface area contributed by atoms with Crippen LogP contribution in [0, 0.1) is 0 Å². The zero-order chi connectivity index (χ0) is 19.3. The molecule has 1 aliphatic heterocycles. The molecule has 1 saturated heterocycles. The van der Waals surface area contributed by atoms with Gasteiger partial charge < -0.3 is 14.6 Å². The molecular formula is C18H21F3N4O2. The summed E-state index contributed by atoms with van der Waals surface area (Å²) < 4.78 is 43.1. The Morgan fingerprint density at radius 1 is 1.19 bits per heavy atom. The van der Waals surface area contributed by atoms with Crippen molar-refractivity contribution in [2.75, 3.05) is 37.6 Å². The van der Waals surface area contributed by atoms with Gasteiger partial charge in [0.05, 0.1) is 24.9 Å². The number of anilines is 1. The molecule has 1 N–H and O–H groups in total. The molecule has 6 nitrogen and oxygen atoms in total. The number of furan rings is 1. The Bertz CT molecular complexity index is 732. The molecule has 1 fully saturated rings. The number of pyridine rings is 1. The van der Waals surface area contributed by atoms with Gasteiger partial charge in [-0.3, -0.25) is 9.69 Å². The van der Waals surface area contributed by atoms with Crippen molar-refractivity contribution in [2.24, 2.45) is 0 Å². The van der Waals surface area contributed by atoms with Gasteiger partial charge in [0.25, 0.3) is 0 Å². The maximum absolute atomic E-state index is 12.6. The van der Waals surface area contributed by atoms with Gasteiger partial charge in [-0.05, 0) is 30.7 Å². The monoisotopic (exact) mass is 382 g/mol. The van der Waals surface area contributed by atoms with E-state index in [4.69, 9.17) is 4.42 Å². The predicted molar refractivity (Wildman–Crippen MR) is 93.1 cm³/mol. The largest absolute Gasteiger partial charge is 0.467 e. The average molecular weight is 382 g/mol. The SMILES string of the molecule is O=C(CN1CCCN(c2ccc(C(F)(F)F)cn2)CC1)NCc1ccco1. The predicted octanol–water partition coefficient (Wildman–Crippen LogP) is 2.52. The van der Waals surface area contributed by atoms with Gasteiger partial charge in [-0.15, -0.1) is 0 Å². The molecule has 0 spiro atoms. The molecule has 1 amide bonds. The van der Waals surface area contributed by atoms with Crippen LogP contribution in [-0.2, 0) is 17.5 Å². The minimum Gasteiger partial charge on any atom is -0.467 e. The number of aromatic nitrogens is 1. The molecule has 2 aromatic heterocycles. The van der Waals surface area contributed by atoms with Crippen LogP contribution in [0.3, 0.4) is 0 Å². The molecular weight excluding hydrogens is 361 g/mol. The van der Waals surface area contributed by atoms with E-state index in [9.17, 15) is 18.0 Å². The van der Waals surface area contributed by atoms with E-state index in [2.05, 4.69) is 10.3 Å². The lowest BCUT2D eigenvalue weighted by molar-refractivity contribution is -0.137. The zero-order valence-electron chi connectivity index (χ0n) is 14.7. The number of alkyl halides is 3. The van der Waals surface area contributed by atoms with Crippen LogP contribution in [0.4, 0.5) is 19.0 Å². The number of halogens is 3. The molecule has 3 heterocycles. The third-order valence-electron chi connectivity index (χ3n) is 4.39. The molecule has 146 valence electrons. The van der Waals surface area contributed by atoms with Crippen LogP contribution in [0.15, 0.2) is 41.1 Å². The van der Waals surface area contributed by atoms with Gasteiger partial charge >= 0.3 is 6.18 Å². The number of nitrogens with one attached hydrogen (secondary N) is 1. The first-order valence-electron chi connectivity index (χ1n) is 8.71. The maximum Gasteiger partial charge on any atom is 0.417 e. The van der Waals surface area contributed by atoms with Gasteiger partial charge in [0.2, 0.25) is 5.91 Å². The summed E-state index contributed by atoms with van der Waals surface area (Å²) in [5, 5.41) is 2.81. The first-order valence-corrected chi connectivity index (χ1v) is 8.71. The van der Waals surface area contributed by atoms with E-state index in [1.165, 1.54) is 6.07 Å². The van der Waals surface area contributed by atoms with Crippen molar-refractivity contribution in [3.05, 3.63) is 48.0 Å². The highest BCUT2D eigenvalue weighted by molar-refractivity contribution is 5.77. The standard InChI is InChI=1S/C18H21F3N4O2/c19-18(20,21)14-4-5-16(22-11-14)25-7-2-6-24(8-9-25)13-17(26)23-12-15-3-1-10-27-15/h1,3-5,10-11H,2,6-9,12-13H2,(H,23,26). The number of amides is 1. The first kappa shape index (κ1) is 19.2. The molecule has 0 aliphatic carbocycles. The summed E-state index contributed by atoms with van der Waals surface area (Å²) >= 11 is 0. The van der Waals surface area contributed by atoms with Crippen molar-refractivity contribution < 1.29 is 22.4 Å². The number of hydrogen-bond acceptors (Lipinski definition) is 5. The number of nitrogens with zero attached hydrogens (tertiary/aromatic N) is 3. The summed E-state index contributed by atoms with van der Waals surface area (Å²) in [6, 6.07) is 6.00. The van der Waals surface area contributed by atoms with Crippen LogP contribution in [-0.4, -0.2) is 48.5 Å². The fourth-order valence-electron chi connectivity index (χ4n) is 2.96. The van der Waals surface area contributed by atoms with Crippen LogP contribution in [0.2, 0.25) is 0 Å². The number of carbonyl (C=O) groups excluding carboxylic acids is 1. The lowest BCUT2D eigenvalue weighted by Gasteiger charge is -2.22. The summed E-state index contributed by atoms with van der Waals surface area (Å²) in [4.78, 5) is 20.0. The molecule has 1 aliphatic rings. The third-order valence-corrected chi connectivity index (χ3v) is 4.39. The van der Waals surface area contributed by atoms with Crippen LogP contribution in [0.5, 0.6) is 0 Å². The maximum atomic E-state index is 12.6. The number of rotatable bonds is 5. The normalized spacial score (nSPS) is 16.2. The van der Waals surface area contributed by atoms with Gasteiger partial charge in [-0.25, -0.2) is 4.98 Å². The summed E-state index contributed by atoms with van der Waals surface area (Å²) in [6.07, 6.45) is -1.17. The van der Waals surface area contributed by atoms with Crippen LogP contribution >= 0.6 is 0 Å². The van der Waals surface area contributed by atoms with Crippen molar-refractivity contribution in [1.29, 1.82) is 0 Å². The minimum atomic E-state index is -4.38. The van der Waals surface area contributed by atoms with Crippen molar-refractivity contribution in [3.8, 4) is 0 Å². The van der Waals surface area contributed by atoms with Gasteiger partial charge in [-0.1, -0.05) is 0 Å². The molecule has 2 aromatic rings. The second kappa shape index (κ2) is 8.43. The third kappa shape index (κ3) is 5.46. The van der Waals surface area contributed by atoms with E-state index in [1.807, 2.05) is 9.80 Å². The molecule has 0 atom stereocenters. The molecule has 0 aromatic carbocycles. The molecule has 0 radical (unpaired) electrons. The number of hydrogen-bond donors (Lipinski definition) is 1. The zero-order valence-corrected chi connectivity index (χ0v) is 14.7. The average Bonchev–Trinajstić information content (AvgIpc) is 3.05. The van der Waals surface area contributed by atoms with Crippen LogP contribution in [0.1, 0.15) is 17.7 Å². The van der Waals surface area contributed by atoms with E-state index in [0.717, 1.165) is 25.2 Å². The molecule has 27 heavy (non-hydrogen) atoms. The molecule has 9 heteroatoms. The van der Waals surface area contributed by atoms with E-state index in [1.54, 1.807) is 18.4 Å². The highest BCUT2D eigenvalue weighted by atomic mass is 19.4. The summed E-state index contributed by atoms with van der Waals surface area (Å²) in [7, 11) is 0. The Labute approximate surface area is 155 Å². The molecule has 0 saturated carbocycles. The van der Waals surface area contributed by atoms with Gasteiger partial charge in [0.15, 0.2) is 0 Å². The first-order chi connectivity index (χ1) is 12.9. The quantitative estimate of drug-likeness (QED) is 0.861. The summed E-state index contributed by atoms with van der Waals surface area (Å²) in [5.74, 6) is 1.12. The van der Waals surface area contributed by atoms with Crippen molar-refractivity contribution in [3.63, 3.8) is 0 Å². The Morgan fingerprint density at radius 2 is 2.04 bits per heavy atom. The second-order valence-electron chi connectivity index (χ2n) is 6.38. The topological polar surface area (TPSA) is 61.6 Å². The van der Waals surface area contributed by atoms with Crippen molar-refractivity contribution >= 4 is 11.7 Å². The molecule has 0 unspecified atom stereocenters. The van der Waals surface area contributed by atoms with Crippen molar-refractivity contribution in [1.82, 2.24) is 15.2 Å². The lowest BCUT2D eigenvalue weighted by Crippen LogP contribution is -2.39. The highest BCUT2D eigenvalue weighted by Crippen LogP contribution is 2.29. The Hall–Kier alpha value is -2.55. The van der Waals surface area contributed by atoms with Gasteiger partial charge in [-0.2, -0.15) is 13.2 Å². The van der Waals surface area contributed by atoms with E-state index >= 15 is 0 Å². The minimum absolute atomic E-state index is 0.0903. The molecule has 3 rings (SSSR count). The number of carbonyl (C=O) groups is 1. The van der Waals surface area contributed by atoms with E-state index in [-0.39, 0.29) is 12.5 Å². The summed E-state index contributed by atoms with van der Waals surface area (Å²) in [6.45, 7) is 3.28. The lowest BCUT2D eigenvalue weighted by atomic mass is 10.2. The fraction of sp³-hybridized carbons (Fsp3) is 0.444. The van der Waals surface area contributed by atoms with Crippen molar-refractivity contribution in [2.45, 2.75) is 19.1 Å². The van der Waals surface area contributed by atoms with Crippen LogP contribution in [0.25, 0.3) is 0 Å².